The molecule has 0 atom stereocenters. The summed E-state index contributed by atoms with van der Waals surface area (Å²) in [4.78, 5) is 16.5. The van der Waals surface area contributed by atoms with Gasteiger partial charge in [0.25, 0.3) is 5.56 Å². The van der Waals surface area contributed by atoms with Crippen LogP contribution in [0.1, 0.15) is 5.56 Å². The Kier molecular flexibility index (Phi) is 3.16. The Morgan fingerprint density at radius 2 is 2.10 bits per heavy atom. The lowest BCUT2D eigenvalue weighted by atomic mass is 10.2. The van der Waals surface area contributed by atoms with Gasteiger partial charge in [0.15, 0.2) is 0 Å². The molecule has 0 aliphatic carbocycles. The van der Waals surface area contributed by atoms with Gasteiger partial charge in [0.05, 0.1) is 18.1 Å². The van der Waals surface area contributed by atoms with Crippen molar-refractivity contribution in [3.63, 3.8) is 0 Å². The van der Waals surface area contributed by atoms with E-state index >= 15 is 0 Å². The van der Waals surface area contributed by atoms with E-state index in [9.17, 15) is 4.79 Å². The zero-order valence-corrected chi connectivity index (χ0v) is 11.1. The first-order valence-corrected chi connectivity index (χ1v) is 6.35. The average Bonchev–Trinajstić information content (AvgIpc) is 2.50. The number of benzene rings is 1. The molecule has 0 fully saturated rings. The quantitative estimate of drug-likeness (QED) is 0.786. The maximum absolute atomic E-state index is 12.4. The Balaban J connectivity index is 2.02. The van der Waals surface area contributed by atoms with Crippen LogP contribution < -0.4 is 10.9 Å². The molecule has 0 unspecified atom stereocenters. The highest BCUT2D eigenvalue weighted by molar-refractivity contribution is 5.80. The van der Waals surface area contributed by atoms with E-state index in [0.29, 0.717) is 11.9 Å². The summed E-state index contributed by atoms with van der Waals surface area (Å²) >= 11 is 0. The number of aromatic nitrogens is 3. The highest BCUT2D eigenvalue weighted by Crippen LogP contribution is 2.09. The van der Waals surface area contributed by atoms with Crippen LogP contribution in [0.3, 0.4) is 0 Å². The summed E-state index contributed by atoms with van der Waals surface area (Å²) in [5.41, 5.74) is 0.903. The minimum atomic E-state index is -0.0779. The molecule has 20 heavy (non-hydrogen) atoms. The number of fused-ring (bicyclic) bond motifs is 1. The molecule has 0 bridgehead atoms. The monoisotopic (exact) mass is 266 g/mol. The van der Waals surface area contributed by atoms with Gasteiger partial charge in [0.2, 0.25) is 0 Å². The Morgan fingerprint density at radius 3 is 2.95 bits per heavy atom. The minimum Gasteiger partial charge on any atom is -0.373 e. The van der Waals surface area contributed by atoms with E-state index in [1.165, 1.54) is 4.68 Å². The second kappa shape index (κ2) is 5.13. The minimum absolute atomic E-state index is 0.0779. The number of rotatable bonds is 3. The van der Waals surface area contributed by atoms with E-state index in [0.717, 1.165) is 16.8 Å². The van der Waals surface area contributed by atoms with Crippen molar-refractivity contribution in [3.8, 4) is 0 Å². The Hall–Kier alpha value is -2.69. The smallest absolute Gasteiger partial charge is 0.274 e. The molecule has 0 saturated carbocycles. The molecule has 1 aromatic carbocycles. The van der Waals surface area contributed by atoms with Crippen molar-refractivity contribution in [2.24, 2.45) is 0 Å². The summed E-state index contributed by atoms with van der Waals surface area (Å²) < 4.78 is 1.47. The summed E-state index contributed by atoms with van der Waals surface area (Å²) in [7, 11) is 1.81. The molecule has 0 spiro atoms. The van der Waals surface area contributed by atoms with Crippen LogP contribution in [0, 0.1) is 0 Å². The maximum atomic E-state index is 12.4. The van der Waals surface area contributed by atoms with Crippen LogP contribution in [-0.2, 0) is 6.54 Å². The predicted octanol–water partition coefficient (Wildman–Crippen LogP) is 1.88. The van der Waals surface area contributed by atoms with Crippen molar-refractivity contribution in [3.05, 3.63) is 64.7 Å². The third-order valence-electron chi connectivity index (χ3n) is 3.17. The maximum Gasteiger partial charge on any atom is 0.274 e. The fourth-order valence-electron chi connectivity index (χ4n) is 2.12. The molecule has 2 heterocycles. The van der Waals surface area contributed by atoms with Crippen LogP contribution in [0.25, 0.3) is 10.8 Å². The molecule has 0 aliphatic rings. The van der Waals surface area contributed by atoms with Crippen molar-refractivity contribution >= 4 is 16.6 Å². The first-order chi connectivity index (χ1) is 9.78. The van der Waals surface area contributed by atoms with Crippen LogP contribution in [0.4, 0.5) is 5.82 Å². The van der Waals surface area contributed by atoms with Gasteiger partial charge < -0.3 is 5.32 Å². The van der Waals surface area contributed by atoms with Crippen molar-refractivity contribution in [1.29, 1.82) is 0 Å². The van der Waals surface area contributed by atoms with Crippen molar-refractivity contribution in [2.75, 3.05) is 12.4 Å². The zero-order chi connectivity index (χ0) is 13.9. The molecule has 3 aromatic rings. The molecule has 100 valence electrons. The van der Waals surface area contributed by atoms with Gasteiger partial charge in [-0.2, -0.15) is 5.10 Å². The molecule has 2 aromatic heterocycles. The van der Waals surface area contributed by atoms with Gasteiger partial charge in [-0.3, -0.25) is 4.79 Å². The van der Waals surface area contributed by atoms with Gasteiger partial charge in [0.1, 0.15) is 5.82 Å². The fourth-order valence-corrected chi connectivity index (χ4v) is 2.12. The van der Waals surface area contributed by atoms with Crippen LogP contribution in [0.5, 0.6) is 0 Å². The van der Waals surface area contributed by atoms with Crippen molar-refractivity contribution < 1.29 is 0 Å². The first kappa shape index (κ1) is 12.3. The van der Waals surface area contributed by atoms with E-state index in [2.05, 4.69) is 15.4 Å². The van der Waals surface area contributed by atoms with Gasteiger partial charge in [-0.25, -0.2) is 9.67 Å². The predicted molar refractivity (Wildman–Crippen MR) is 78.9 cm³/mol. The summed E-state index contributed by atoms with van der Waals surface area (Å²) in [5, 5.41) is 8.75. The molecule has 1 N–H and O–H groups in total. The number of pyridine rings is 1. The van der Waals surface area contributed by atoms with Gasteiger partial charge in [-0.1, -0.05) is 18.2 Å². The number of anilines is 1. The Bertz CT molecular complexity index is 810. The van der Waals surface area contributed by atoms with Gasteiger partial charge in [0, 0.05) is 18.6 Å². The summed E-state index contributed by atoms with van der Waals surface area (Å²) in [6, 6.07) is 11.3. The van der Waals surface area contributed by atoms with E-state index in [1.807, 2.05) is 43.4 Å². The summed E-state index contributed by atoms with van der Waals surface area (Å²) in [5.74, 6) is 0.774. The van der Waals surface area contributed by atoms with Gasteiger partial charge in [-0.05, 0) is 23.8 Å². The van der Waals surface area contributed by atoms with Gasteiger partial charge >= 0.3 is 0 Å². The van der Waals surface area contributed by atoms with Crippen LogP contribution in [-0.4, -0.2) is 21.8 Å². The highest BCUT2D eigenvalue weighted by atomic mass is 16.1. The van der Waals surface area contributed by atoms with E-state index in [4.69, 9.17) is 0 Å². The third-order valence-corrected chi connectivity index (χ3v) is 3.17. The Labute approximate surface area is 115 Å². The van der Waals surface area contributed by atoms with E-state index in [-0.39, 0.29) is 5.56 Å². The molecule has 0 aliphatic heterocycles. The Morgan fingerprint density at radius 1 is 1.25 bits per heavy atom. The van der Waals surface area contributed by atoms with Crippen LogP contribution in [0.15, 0.2) is 53.6 Å². The molecule has 0 radical (unpaired) electrons. The lowest BCUT2D eigenvalue weighted by Crippen LogP contribution is -2.23. The lowest BCUT2D eigenvalue weighted by Gasteiger charge is -2.07. The molecule has 5 heteroatoms. The standard InChI is InChI=1S/C15H14N4O/c1-16-14-8-11(6-7-17-14)10-19-15(20)13-5-3-2-4-12(13)9-18-19/h2-9H,10H2,1H3,(H,16,17). The van der Waals surface area contributed by atoms with E-state index in [1.54, 1.807) is 12.4 Å². The number of nitrogens with one attached hydrogen (secondary N) is 1. The van der Waals surface area contributed by atoms with E-state index < -0.39 is 0 Å². The first-order valence-electron chi connectivity index (χ1n) is 6.35. The topological polar surface area (TPSA) is 59.8 Å². The highest BCUT2D eigenvalue weighted by Gasteiger charge is 2.04. The largest absolute Gasteiger partial charge is 0.373 e. The molecular weight excluding hydrogens is 252 g/mol. The SMILES string of the molecule is CNc1cc(Cn2ncc3ccccc3c2=O)ccn1. The molecular formula is C15H14N4O. The number of nitrogens with zero attached hydrogens (tertiary/aromatic N) is 3. The van der Waals surface area contributed by atoms with Crippen LogP contribution in [0.2, 0.25) is 0 Å². The number of hydrogen-bond acceptors (Lipinski definition) is 4. The molecule has 5 nitrogen and oxygen atoms in total. The average molecular weight is 266 g/mol. The van der Waals surface area contributed by atoms with Crippen molar-refractivity contribution in [1.82, 2.24) is 14.8 Å². The zero-order valence-electron chi connectivity index (χ0n) is 11.1. The fraction of sp³-hybridized carbons (Fsp3) is 0.133. The second-order valence-corrected chi connectivity index (χ2v) is 4.49. The van der Waals surface area contributed by atoms with Crippen molar-refractivity contribution in [2.45, 2.75) is 6.54 Å². The number of hydrogen-bond donors (Lipinski definition) is 1. The lowest BCUT2D eigenvalue weighted by molar-refractivity contribution is 0.647. The van der Waals surface area contributed by atoms with Crippen LogP contribution >= 0.6 is 0 Å². The molecule has 3 rings (SSSR count). The second-order valence-electron chi connectivity index (χ2n) is 4.49. The summed E-state index contributed by atoms with van der Waals surface area (Å²) in [6.07, 6.45) is 3.43. The summed E-state index contributed by atoms with van der Waals surface area (Å²) in [6.45, 7) is 0.431. The third kappa shape index (κ3) is 2.25. The molecule has 0 saturated heterocycles. The normalized spacial score (nSPS) is 10.7. The van der Waals surface area contributed by atoms with Gasteiger partial charge in [-0.15, -0.1) is 0 Å². The molecule has 0 amide bonds.